The van der Waals surface area contributed by atoms with Crippen LogP contribution in [0.5, 0.6) is 0 Å². The van der Waals surface area contributed by atoms with E-state index in [2.05, 4.69) is 10.6 Å². The Morgan fingerprint density at radius 1 is 0.920 bits per heavy atom. The second-order valence-corrected chi connectivity index (χ2v) is 5.36. The Kier molecular flexibility index (Phi) is 8.06. The van der Waals surface area contributed by atoms with Crippen molar-refractivity contribution in [1.82, 2.24) is 5.32 Å². The topological polar surface area (TPSA) is 110 Å². The molecule has 10 heteroatoms. The minimum atomic E-state index is -0.499. The number of hydrogen-bond donors (Lipinski definition) is 2. The van der Waals surface area contributed by atoms with Crippen LogP contribution in [0, 0.1) is 20.2 Å². The molecule has 0 aromatic heterocycles. The lowest BCUT2D eigenvalue weighted by Crippen LogP contribution is -2.21. The van der Waals surface area contributed by atoms with E-state index in [1.807, 2.05) is 0 Å². The molecular weight excluding hydrogens is 371 g/mol. The summed E-state index contributed by atoms with van der Waals surface area (Å²) >= 11 is 5.98. The van der Waals surface area contributed by atoms with Crippen LogP contribution in [0.15, 0.2) is 42.5 Å². The van der Waals surface area contributed by atoms with Crippen molar-refractivity contribution < 1.29 is 9.85 Å². The number of benzene rings is 2. The van der Waals surface area contributed by atoms with E-state index < -0.39 is 9.85 Å². The van der Waals surface area contributed by atoms with Gasteiger partial charge >= 0.3 is 0 Å². The van der Waals surface area contributed by atoms with Crippen molar-refractivity contribution in [2.24, 2.45) is 0 Å². The Hall–Kier alpha value is -2.42. The van der Waals surface area contributed by atoms with Gasteiger partial charge in [-0.1, -0.05) is 23.7 Å². The first kappa shape index (κ1) is 20.6. The number of anilines is 1. The highest BCUT2D eigenvalue weighted by atomic mass is 35.5. The van der Waals surface area contributed by atoms with Crippen LogP contribution in [-0.2, 0) is 6.54 Å². The first-order chi connectivity index (χ1) is 11.5. The first-order valence-corrected chi connectivity index (χ1v) is 7.47. The second kappa shape index (κ2) is 9.77. The number of nitro groups is 2. The fourth-order valence-corrected chi connectivity index (χ4v) is 2.26. The molecule has 8 nitrogen and oxygen atoms in total. The molecule has 0 saturated heterocycles. The fourth-order valence-electron chi connectivity index (χ4n) is 2.01. The maximum absolute atomic E-state index is 10.6. The highest BCUT2D eigenvalue weighted by Gasteiger charge is 2.08. The number of rotatable bonds is 8. The van der Waals surface area contributed by atoms with Gasteiger partial charge in [0.2, 0.25) is 0 Å². The van der Waals surface area contributed by atoms with Crippen molar-refractivity contribution in [1.29, 1.82) is 0 Å². The smallest absolute Gasteiger partial charge is 0.271 e. The van der Waals surface area contributed by atoms with Gasteiger partial charge < -0.3 is 10.6 Å². The lowest BCUT2D eigenvalue weighted by molar-refractivity contribution is -0.385. The Morgan fingerprint density at radius 2 is 1.52 bits per heavy atom. The highest BCUT2D eigenvalue weighted by molar-refractivity contribution is 6.33. The van der Waals surface area contributed by atoms with E-state index in [1.165, 1.54) is 24.3 Å². The van der Waals surface area contributed by atoms with E-state index >= 15 is 0 Å². The van der Waals surface area contributed by atoms with Gasteiger partial charge in [-0.05, 0) is 11.6 Å². The quantitative estimate of drug-likeness (QED) is 0.405. The van der Waals surface area contributed by atoms with Crippen LogP contribution in [0.3, 0.4) is 0 Å². The summed E-state index contributed by atoms with van der Waals surface area (Å²) in [4.78, 5) is 20.3. The van der Waals surface area contributed by atoms with Gasteiger partial charge in [-0.2, -0.15) is 0 Å². The molecule has 0 aliphatic heterocycles. The number of nitro benzene ring substituents is 2. The Labute approximate surface area is 154 Å². The van der Waals surface area contributed by atoms with Crippen LogP contribution in [-0.4, -0.2) is 22.9 Å². The predicted octanol–water partition coefficient (Wildman–Crippen LogP) is 3.78. The van der Waals surface area contributed by atoms with Gasteiger partial charge in [-0.15, -0.1) is 12.4 Å². The van der Waals surface area contributed by atoms with Crippen molar-refractivity contribution in [3.05, 3.63) is 73.3 Å². The second-order valence-electron chi connectivity index (χ2n) is 4.95. The molecule has 0 atom stereocenters. The lowest BCUT2D eigenvalue weighted by Gasteiger charge is -2.09. The van der Waals surface area contributed by atoms with Crippen molar-refractivity contribution in [2.75, 3.05) is 18.4 Å². The standard InChI is InChI=1S/C15H15ClN4O4.ClH/c16-14-9-13(20(23)24)5-6-15(14)18-8-7-17-10-11-1-3-12(4-2-11)19(21)22;/h1-6,9,17-18H,7-8,10H2;1H. The molecule has 2 aromatic carbocycles. The summed E-state index contributed by atoms with van der Waals surface area (Å²) < 4.78 is 0. The summed E-state index contributed by atoms with van der Waals surface area (Å²) in [5, 5.41) is 27.8. The molecule has 0 fully saturated rings. The predicted molar refractivity (Wildman–Crippen MR) is 98.6 cm³/mol. The van der Waals surface area contributed by atoms with Crippen LogP contribution in [0.1, 0.15) is 5.56 Å². The molecule has 0 aliphatic carbocycles. The average Bonchev–Trinajstić information content (AvgIpc) is 2.56. The molecule has 0 aliphatic rings. The molecule has 0 bridgehead atoms. The SMILES string of the molecule is Cl.O=[N+]([O-])c1ccc(CNCCNc2ccc([N+](=O)[O-])cc2Cl)cc1. The van der Waals surface area contributed by atoms with E-state index in [9.17, 15) is 20.2 Å². The molecule has 0 heterocycles. The third kappa shape index (κ3) is 6.18. The van der Waals surface area contributed by atoms with Crippen LogP contribution in [0.25, 0.3) is 0 Å². The van der Waals surface area contributed by atoms with E-state index in [0.29, 0.717) is 30.3 Å². The van der Waals surface area contributed by atoms with E-state index in [1.54, 1.807) is 18.2 Å². The summed E-state index contributed by atoms with van der Waals surface area (Å²) in [6, 6.07) is 10.6. The summed E-state index contributed by atoms with van der Waals surface area (Å²) in [6.07, 6.45) is 0. The molecule has 25 heavy (non-hydrogen) atoms. The van der Waals surface area contributed by atoms with Crippen LogP contribution >= 0.6 is 24.0 Å². The minimum Gasteiger partial charge on any atom is -0.383 e. The number of nitrogens with zero attached hydrogens (tertiary/aromatic N) is 2. The fraction of sp³-hybridized carbons (Fsp3) is 0.200. The highest BCUT2D eigenvalue weighted by Crippen LogP contribution is 2.26. The largest absolute Gasteiger partial charge is 0.383 e. The zero-order valence-corrected chi connectivity index (χ0v) is 14.5. The van der Waals surface area contributed by atoms with Crippen molar-refractivity contribution >= 4 is 41.1 Å². The lowest BCUT2D eigenvalue weighted by atomic mass is 10.2. The van der Waals surface area contributed by atoms with E-state index in [-0.39, 0.29) is 23.8 Å². The molecule has 0 amide bonds. The number of nitrogens with one attached hydrogen (secondary N) is 2. The van der Waals surface area contributed by atoms with Gasteiger partial charge in [-0.25, -0.2) is 0 Å². The van der Waals surface area contributed by atoms with Gasteiger partial charge in [0.1, 0.15) is 0 Å². The number of non-ortho nitro benzene ring substituents is 2. The monoisotopic (exact) mass is 386 g/mol. The molecule has 2 rings (SSSR count). The maximum Gasteiger partial charge on any atom is 0.271 e. The third-order valence-corrected chi connectivity index (χ3v) is 3.57. The van der Waals surface area contributed by atoms with E-state index in [4.69, 9.17) is 11.6 Å². The number of halogens is 2. The number of hydrogen-bond acceptors (Lipinski definition) is 6. The molecule has 134 valence electrons. The van der Waals surface area contributed by atoms with Crippen LogP contribution < -0.4 is 10.6 Å². The van der Waals surface area contributed by atoms with Gasteiger partial charge in [0.15, 0.2) is 0 Å². The Bertz CT molecular complexity index is 741. The van der Waals surface area contributed by atoms with E-state index in [0.717, 1.165) is 5.56 Å². The van der Waals surface area contributed by atoms with Gasteiger partial charge in [0.05, 0.1) is 20.6 Å². The molecule has 2 N–H and O–H groups in total. The molecular formula is C15H16Cl2N4O4. The first-order valence-electron chi connectivity index (χ1n) is 7.09. The van der Waals surface area contributed by atoms with Crippen LogP contribution in [0.2, 0.25) is 5.02 Å². The molecule has 2 aromatic rings. The molecule has 0 saturated carbocycles. The van der Waals surface area contributed by atoms with Crippen molar-refractivity contribution in [3.63, 3.8) is 0 Å². The average molecular weight is 387 g/mol. The molecule has 0 radical (unpaired) electrons. The summed E-state index contributed by atoms with van der Waals surface area (Å²) in [7, 11) is 0. The zero-order chi connectivity index (χ0) is 17.5. The summed E-state index contributed by atoms with van der Waals surface area (Å²) in [5.74, 6) is 0. The van der Waals surface area contributed by atoms with Crippen molar-refractivity contribution in [2.45, 2.75) is 6.54 Å². The Morgan fingerprint density at radius 3 is 2.08 bits per heavy atom. The molecule has 0 spiro atoms. The Balaban J connectivity index is 0.00000312. The third-order valence-electron chi connectivity index (χ3n) is 3.26. The van der Waals surface area contributed by atoms with Gasteiger partial charge in [0.25, 0.3) is 11.4 Å². The van der Waals surface area contributed by atoms with Crippen molar-refractivity contribution in [3.8, 4) is 0 Å². The minimum absolute atomic E-state index is 0. The maximum atomic E-state index is 10.6. The summed E-state index contributed by atoms with van der Waals surface area (Å²) in [5.41, 5.74) is 1.57. The van der Waals surface area contributed by atoms with Gasteiger partial charge in [-0.3, -0.25) is 20.2 Å². The summed E-state index contributed by atoms with van der Waals surface area (Å²) in [6.45, 7) is 1.78. The normalized spacial score (nSPS) is 9.96. The molecule has 0 unspecified atom stereocenters. The zero-order valence-electron chi connectivity index (χ0n) is 13.0. The van der Waals surface area contributed by atoms with Crippen LogP contribution in [0.4, 0.5) is 17.1 Å². The van der Waals surface area contributed by atoms with Gasteiger partial charge in [0, 0.05) is 43.9 Å².